The zero-order chi connectivity index (χ0) is 12.6. The maximum atomic E-state index is 5.95. The van der Waals surface area contributed by atoms with Crippen LogP contribution in [0.1, 0.15) is 18.9 Å². The normalized spacial score (nSPS) is 14.5. The lowest BCUT2D eigenvalue weighted by molar-refractivity contribution is 0.182. The second-order valence-electron chi connectivity index (χ2n) is 4.42. The van der Waals surface area contributed by atoms with Crippen LogP contribution in [0.25, 0.3) is 0 Å². The van der Waals surface area contributed by atoms with Crippen LogP contribution in [-0.4, -0.2) is 32.3 Å². The molecule has 96 valence electrons. The molecule has 0 saturated carbocycles. The van der Waals surface area contributed by atoms with E-state index in [0.29, 0.717) is 6.54 Å². The molecule has 0 heterocycles. The Labute approximate surface area is 104 Å². The van der Waals surface area contributed by atoms with E-state index >= 15 is 0 Å². The minimum absolute atomic E-state index is 0.0140. The lowest BCUT2D eigenvalue weighted by atomic mass is 9.88. The Morgan fingerprint density at radius 2 is 2.00 bits per heavy atom. The van der Waals surface area contributed by atoms with E-state index < -0.39 is 0 Å². The average Bonchev–Trinajstić information content (AvgIpc) is 2.39. The van der Waals surface area contributed by atoms with Gasteiger partial charge < -0.3 is 15.8 Å². The number of hydrogen-bond donors (Lipinski definition) is 2. The maximum Gasteiger partial charge on any atom is 0.0587 e. The Morgan fingerprint density at radius 3 is 2.53 bits per heavy atom. The Morgan fingerprint density at radius 1 is 1.29 bits per heavy atom. The molecule has 1 rings (SSSR count). The second kappa shape index (κ2) is 7.43. The van der Waals surface area contributed by atoms with Gasteiger partial charge in [0.15, 0.2) is 0 Å². The van der Waals surface area contributed by atoms with Gasteiger partial charge in [-0.15, -0.1) is 0 Å². The van der Waals surface area contributed by atoms with E-state index in [1.165, 1.54) is 5.56 Å². The summed E-state index contributed by atoms with van der Waals surface area (Å²) in [7, 11) is 1.72. The van der Waals surface area contributed by atoms with Crippen LogP contribution in [0.4, 0.5) is 0 Å². The molecule has 3 N–H and O–H groups in total. The SMILES string of the molecule is CCC(CN)(Cc1ccccc1)NCCOC. The number of ether oxygens (including phenoxy) is 1. The van der Waals surface area contributed by atoms with Crippen molar-refractivity contribution in [3.8, 4) is 0 Å². The number of nitrogens with one attached hydrogen (secondary N) is 1. The highest BCUT2D eigenvalue weighted by molar-refractivity contribution is 5.18. The number of nitrogens with two attached hydrogens (primary N) is 1. The molecule has 0 radical (unpaired) electrons. The van der Waals surface area contributed by atoms with Crippen molar-refractivity contribution in [1.29, 1.82) is 0 Å². The van der Waals surface area contributed by atoms with Gasteiger partial charge in [0.1, 0.15) is 0 Å². The first kappa shape index (κ1) is 14.2. The van der Waals surface area contributed by atoms with E-state index in [9.17, 15) is 0 Å². The molecule has 1 unspecified atom stereocenters. The van der Waals surface area contributed by atoms with Crippen LogP contribution >= 0.6 is 0 Å². The average molecular weight is 236 g/mol. The summed E-state index contributed by atoms with van der Waals surface area (Å²) in [6.45, 7) is 4.38. The Hall–Kier alpha value is -0.900. The van der Waals surface area contributed by atoms with Crippen molar-refractivity contribution in [3.63, 3.8) is 0 Å². The molecule has 0 amide bonds. The molecule has 0 bridgehead atoms. The largest absolute Gasteiger partial charge is 0.383 e. The number of methoxy groups -OCH3 is 1. The Balaban J connectivity index is 2.63. The van der Waals surface area contributed by atoms with Gasteiger partial charge in [0, 0.05) is 25.7 Å². The molecule has 3 nitrogen and oxygen atoms in total. The third kappa shape index (κ3) is 4.46. The van der Waals surface area contributed by atoms with E-state index in [1.807, 2.05) is 6.07 Å². The predicted molar refractivity (Wildman–Crippen MR) is 72.1 cm³/mol. The van der Waals surface area contributed by atoms with Gasteiger partial charge in [-0.25, -0.2) is 0 Å². The van der Waals surface area contributed by atoms with Gasteiger partial charge in [-0.1, -0.05) is 37.3 Å². The molecule has 0 aliphatic rings. The minimum atomic E-state index is -0.0140. The molecule has 3 heteroatoms. The summed E-state index contributed by atoms with van der Waals surface area (Å²) in [5.41, 5.74) is 7.25. The predicted octanol–water partition coefficient (Wildman–Crippen LogP) is 1.57. The molecule has 0 fully saturated rings. The fourth-order valence-electron chi connectivity index (χ4n) is 2.01. The first-order valence-corrected chi connectivity index (χ1v) is 6.24. The van der Waals surface area contributed by atoms with Crippen LogP contribution in [0.5, 0.6) is 0 Å². The lowest BCUT2D eigenvalue weighted by Crippen LogP contribution is -2.53. The number of benzene rings is 1. The van der Waals surface area contributed by atoms with Gasteiger partial charge >= 0.3 is 0 Å². The number of rotatable bonds is 8. The molecule has 1 aromatic carbocycles. The first-order chi connectivity index (χ1) is 8.26. The fourth-order valence-corrected chi connectivity index (χ4v) is 2.01. The summed E-state index contributed by atoms with van der Waals surface area (Å²) in [5, 5.41) is 3.53. The van der Waals surface area contributed by atoms with E-state index in [0.717, 1.165) is 26.0 Å². The highest BCUT2D eigenvalue weighted by atomic mass is 16.5. The number of hydrogen-bond acceptors (Lipinski definition) is 3. The van der Waals surface area contributed by atoms with Crippen molar-refractivity contribution in [3.05, 3.63) is 35.9 Å². The van der Waals surface area contributed by atoms with Crippen LogP contribution in [0.3, 0.4) is 0 Å². The lowest BCUT2D eigenvalue weighted by Gasteiger charge is -2.33. The zero-order valence-electron chi connectivity index (χ0n) is 10.9. The summed E-state index contributed by atoms with van der Waals surface area (Å²) in [6, 6.07) is 10.5. The van der Waals surface area contributed by atoms with Crippen molar-refractivity contribution in [2.24, 2.45) is 5.73 Å². The Bertz CT molecular complexity index is 296. The third-order valence-corrected chi connectivity index (χ3v) is 3.26. The van der Waals surface area contributed by atoms with Crippen LogP contribution in [0.2, 0.25) is 0 Å². The summed E-state index contributed by atoms with van der Waals surface area (Å²) in [6.07, 6.45) is 1.98. The van der Waals surface area contributed by atoms with Crippen LogP contribution < -0.4 is 11.1 Å². The smallest absolute Gasteiger partial charge is 0.0587 e. The summed E-state index contributed by atoms with van der Waals surface area (Å²) < 4.78 is 5.07. The fraction of sp³-hybridized carbons (Fsp3) is 0.571. The van der Waals surface area contributed by atoms with Crippen molar-refractivity contribution in [1.82, 2.24) is 5.32 Å². The molecule has 0 spiro atoms. The monoisotopic (exact) mass is 236 g/mol. The highest BCUT2D eigenvalue weighted by Crippen LogP contribution is 2.16. The standard InChI is InChI=1S/C14H24N2O/c1-3-14(12-15,16-9-10-17-2)11-13-7-5-4-6-8-13/h4-8,16H,3,9-12,15H2,1-2H3. The molecule has 1 aromatic rings. The summed E-state index contributed by atoms with van der Waals surface area (Å²) in [4.78, 5) is 0. The molecular weight excluding hydrogens is 212 g/mol. The summed E-state index contributed by atoms with van der Waals surface area (Å²) >= 11 is 0. The van der Waals surface area contributed by atoms with Crippen LogP contribution in [0, 0.1) is 0 Å². The first-order valence-electron chi connectivity index (χ1n) is 6.24. The van der Waals surface area contributed by atoms with E-state index in [-0.39, 0.29) is 5.54 Å². The summed E-state index contributed by atoms with van der Waals surface area (Å²) in [5.74, 6) is 0. The highest BCUT2D eigenvalue weighted by Gasteiger charge is 2.25. The molecule has 0 aliphatic carbocycles. The second-order valence-corrected chi connectivity index (χ2v) is 4.42. The Kier molecular flexibility index (Phi) is 6.19. The molecule has 0 saturated heterocycles. The van der Waals surface area contributed by atoms with E-state index in [2.05, 4.69) is 36.5 Å². The van der Waals surface area contributed by atoms with Gasteiger partial charge in [0.05, 0.1) is 6.61 Å². The van der Waals surface area contributed by atoms with Crippen molar-refractivity contribution < 1.29 is 4.74 Å². The van der Waals surface area contributed by atoms with Crippen molar-refractivity contribution in [2.75, 3.05) is 26.8 Å². The van der Waals surface area contributed by atoms with Gasteiger partial charge in [-0.05, 0) is 18.4 Å². The van der Waals surface area contributed by atoms with E-state index in [1.54, 1.807) is 7.11 Å². The maximum absolute atomic E-state index is 5.95. The minimum Gasteiger partial charge on any atom is -0.383 e. The molecular formula is C14H24N2O. The van der Waals surface area contributed by atoms with Crippen LogP contribution in [0.15, 0.2) is 30.3 Å². The third-order valence-electron chi connectivity index (χ3n) is 3.26. The van der Waals surface area contributed by atoms with E-state index in [4.69, 9.17) is 10.5 Å². The topological polar surface area (TPSA) is 47.3 Å². The van der Waals surface area contributed by atoms with Gasteiger partial charge in [-0.3, -0.25) is 0 Å². The molecule has 0 aliphatic heterocycles. The van der Waals surface area contributed by atoms with Crippen LogP contribution in [-0.2, 0) is 11.2 Å². The van der Waals surface area contributed by atoms with Gasteiger partial charge in [0.2, 0.25) is 0 Å². The molecule has 0 aromatic heterocycles. The van der Waals surface area contributed by atoms with Crippen molar-refractivity contribution in [2.45, 2.75) is 25.3 Å². The van der Waals surface area contributed by atoms with Gasteiger partial charge in [0.25, 0.3) is 0 Å². The molecule has 17 heavy (non-hydrogen) atoms. The molecule has 1 atom stereocenters. The zero-order valence-corrected chi connectivity index (χ0v) is 10.9. The van der Waals surface area contributed by atoms with Crippen molar-refractivity contribution >= 4 is 0 Å². The van der Waals surface area contributed by atoms with Gasteiger partial charge in [-0.2, -0.15) is 0 Å². The quantitative estimate of drug-likeness (QED) is 0.674.